The number of benzene rings is 1. The van der Waals surface area contributed by atoms with Gasteiger partial charge < -0.3 is 10.6 Å². The van der Waals surface area contributed by atoms with E-state index in [2.05, 4.69) is 10.6 Å². The molecule has 106 valence electrons. The predicted molar refractivity (Wildman–Crippen MR) is 80.8 cm³/mol. The van der Waals surface area contributed by atoms with Crippen LogP contribution < -0.4 is 10.6 Å². The number of piperidine rings is 1. The van der Waals surface area contributed by atoms with Crippen molar-refractivity contribution in [2.45, 2.75) is 38.1 Å². The van der Waals surface area contributed by atoms with E-state index in [0.717, 1.165) is 31.5 Å². The van der Waals surface area contributed by atoms with E-state index in [1.807, 2.05) is 44.2 Å². The van der Waals surface area contributed by atoms with Crippen molar-refractivity contribution in [2.24, 2.45) is 0 Å². The molecule has 0 bridgehead atoms. The molecule has 2 N–H and O–H groups in total. The van der Waals surface area contributed by atoms with Crippen molar-refractivity contribution < 1.29 is 4.79 Å². The SMILES string of the molecule is CC(C)(C(=O)N[C@H]1CCCNC1)c1ccccc1.Cl. The lowest BCUT2D eigenvalue weighted by Gasteiger charge is -2.30. The molecule has 0 aliphatic carbocycles. The number of rotatable bonds is 3. The molecule has 1 heterocycles. The van der Waals surface area contributed by atoms with Crippen molar-refractivity contribution in [1.29, 1.82) is 0 Å². The first-order valence-corrected chi connectivity index (χ1v) is 6.68. The standard InChI is InChI=1S/C15H22N2O.ClH/c1-15(2,12-7-4-3-5-8-12)14(18)17-13-9-6-10-16-11-13;/h3-5,7-8,13,16H,6,9-11H2,1-2H3,(H,17,18);1H/t13-;/m0./s1. The molecular weight excluding hydrogens is 260 g/mol. The molecule has 1 aromatic rings. The van der Waals surface area contributed by atoms with Crippen molar-refractivity contribution in [1.82, 2.24) is 10.6 Å². The topological polar surface area (TPSA) is 41.1 Å². The van der Waals surface area contributed by atoms with Crippen LogP contribution in [0.3, 0.4) is 0 Å². The lowest BCUT2D eigenvalue weighted by molar-refractivity contribution is -0.126. The molecule has 1 amide bonds. The fourth-order valence-corrected chi connectivity index (χ4v) is 2.33. The second-order valence-corrected chi connectivity index (χ2v) is 5.51. The summed E-state index contributed by atoms with van der Waals surface area (Å²) in [6, 6.07) is 10.2. The van der Waals surface area contributed by atoms with E-state index in [1.54, 1.807) is 0 Å². The van der Waals surface area contributed by atoms with Gasteiger partial charge in [-0.15, -0.1) is 12.4 Å². The molecule has 1 aromatic carbocycles. The summed E-state index contributed by atoms with van der Waals surface area (Å²) in [5.41, 5.74) is 0.588. The van der Waals surface area contributed by atoms with Crippen molar-refractivity contribution in [2.75, 3.05) is 13.1 Å². The zero-order valence-electron chi connectivity index (χ0n) is 11.6. The van der Waals surface area contributed by atoms with Crippen LogP contribution in [0.2, 0.25) is 0 Å². The van der Waals surface area contributed by atoms with Crippen LogP contribution in [0.5, 0.6) is 0 Å². The highest BCUT2D eigenvalue weighted by molar-refractivity contribution is 5.87. The van der Waals surface area contributed by atoms with Gasteiger partial charge in [-0.05, 0) is 38.8 Å². The second-order valence-electron chi connectivity index (χ2n) is 5.51. The Morgan fingerprint density at radius 3 is 2.58 bits per heavy atom. The lowest BCUT2D eigenvalue weighted by atomic mass is 9.83. The molecule has 0 radical (unpaired) electrons. The zero-order valence-corrected chi connectivity index (χ0v) is 12.4. The number of halogens is 1. The molecular formula is C15H23ClN2O. The summed E-state index contributed by atoms with van der Waals surface area (Å²) in [5.74, 6) is 0.113. The normalized spacial score (nSPS) is 19.4. The lowest BCUT2D eigenvalue weighted by Crippen LogP contribution is -2.50. The van der Waals surface area contributed by atoms with Crippen LogP contribution in [0.25, 0.3) is 0 Å². The largest absolute Gasteiger partial charge is 0.351 e. The third kappa shape index (κ3) is 3.95. The van der Waals surface area contributed by atoms with Gasteiger partial charge >= 0.3 is 0 Å². The van der Waals surface area contributed by atoms with E-state index < -0.39 is 5.41 Å². The van der Waals surface area contributed by atoms with Crippen LogP contribution in [0.1, 0.15) is 32.3 Å². The van der Waals surface area contributed by atoms with Gasteiger partial charge in [-0.3, -0.25) is 4.79 Å². The average molecular weight is 283 g/mol. The number of hydrogen-bond acceptors (Lipinski definition) is 2. The van der Waals surface area contributed by atoms with Gasteiger partial charge in [0.05, 0.1) is 5.41 Å². The Bertz CT molecular complexity index is 400. The van der Waals surface area contributed by atoms with Gasteiger partial charge in [-0.25, -0.2) is 0 Å². The predicted octanol–water partition coefficient (Wildman–Crippen LogP) is 2.25. The molecule has 1 saturated heterocycles. The van der Waals surface area contributed by atoms with E-state index in [0.29, 0.717) is 0 Å². The Kier molecular flexibility index (Phi) is 5.83. The van der Waals surface area contributed by atoms with Crippen LogP contribution in [-0.4, -0.2) is 25.0 Å². The molecule has 0 saturated carbocycles. The van der Waals surface area contributed by atoms with Gasteiger partial charge in [0.15, 0.2) is 0 Å². The highest BCUT2D eigenvalue weighted by Gasteiger charge is 2.31. The van der Waals surface area contributed by atoms with Gasteiger partial charge in [-0.2, -0.15) is 0 Å². The number of nitrogens with one attached hydrogen (secondary N) is 2. The zero-order chi connectivity index (χ0) is 13.0. The van der Waals surface area contributed by atoms with Crippen LogP contribution in [0.4, 0.5) is 0 Å². The summed E-state index contributed by atoms with van der Waals surface area (Å²) in [5, 5.41) is 6.47. The van der Waals surface area contributed by atoms with Gasteiger partial charge in [0.25, 0.3) is 0 Å². The molecule has 0 spiro atoms. The molecule has 2 rings (SSSR count). The Morgan fingerprint density at radius 2 is 2.00 bits per heavy atom. The number of carbonyl (C=O) groups excluding carboxylic acids is 1. The van der Waals surface area contributed by atoms with Crippen LogP contribution in [0.15, 0.2) is 30.3 Å². The molecule has 1 aliphatic heterocycles. The second kappa shape index (κ2) is 6.92. The summed E-state index contributed by atoms with van der Waals surface area (Å²) in [6.07, 6.45) is 2.21. The summed E-state index contributed by atoms with van der Waals surface area (Å²) in [4.78, 5) is 12.4. The van der Waals surface area contributed by atoms with Crippen LogP contribution in [0, 0.1) is 0 Å². The van der Waals surface area contributed by atoms with Gasteiger partial charge in [0.1, 0.15) is 0 Å². The first-order valence-electron chi connectivity index (χ1n) is 6.68. The quantitative estimate of drug-likeness (QED) is 0.893. The molecule has 1 atom stereocenters. The molecule has 4 heteroatoms. The van der Waals surface area contributed by atoms with E-state index >= 15 is 0 Å². The fraction of sp³-hybridized carbons (Fsp3) is 0.533. The summed E-state index contributed by atoms with van der Waals surface area (Å²) < 4.78 is 0. The molecule has 3 nitrogen and oxygen atoms in total. The Balaban J connectivity index is 0.00000180. The van der Waals surface area contributed by atoms with Crippen molar-refractivity contribution in [3.8, 4) is 0 Å². The minimum absolute atomic E-state index is 0. The summed E-state index contributed by atoms with van der Waals surface area (Å²) >= 11 is 0. The van der Waals surface area contributed by atoms with E-state index in [-0.39, 0.29) is 24.4 Å². The van der Waals surface area contributed by atoms with E-state index in [4.69, 9.17) is 0 Å². The average Bonchev–Trinajstić information content (AvgIpc) is 2.41. The number of carbonyl (C=O) groups is 1. The van der Waals surface area contributed by atoms with Crippen molar-refractivity contribution in [3.05, 3.63) is 35.9 Å². The Morgan fingerprint density at radius 1 is 1.32 bits per heavy atom. The minimum Gasteiger partial charge on any atom is -0.351 e. The Hall–Kier alpha value is -1.06. The first kappa shape index (κ1) is 16.0. The number of amides is 1. The van der Waals surface area contributed by atoms with Crippen molar-refractivity contribution >= 4 is 18.3 Å². The smallest absolute Gasteiger partial charge is 0.230 e. The highest BCUT2D eigenvalue weighted by atomic mass is 35.5. The van der Waals surface area contributed by atoms with Crippen molar-refractivity contribution in [3.63, 3.8) is 0 Å². The van der Waals surface area contributed by atoms with Gasteiger partial charge in [0.2, 0.25) is 5.91 Å². The third-order valence-electron chi connectivity index (χ3n) is 3.70. The fourth-order valence-electron chi connectivity index (χ4n) is 2.33. The van der Waals surface area contributed by atoms with Crippen LogP contribution >= 0.6 is 12.4 Å². The highest BCUT2D eigenvalue weighted by Crippen LogP contribution is 2.23. The molecule has 0 aromatic heterocycles. The van der Waals surface area contributed by atoms with E-state index in [9.17, 15) is 4.79 Å². The minimum atomic E-state index is -0.474. The molecule has 19 heavy (non-hydrogen) atoms. The van der Waals surface area contributed by atoms with Gasteiger partial charge in [0, 0.05) is 12.6 Å². The van der Waals surface area contributed by atoms with Gasteiger partial charge in [-0.1, -0.05) is 30.3 Å². The number of hydrogen-bond donors (Lipinski definition) is 2. The third-order valence-corrected chi connectivity index (χ3v) is 3.70. The maximum absolute atomic E-state index is 12.4. The molecule has 1 fully saturated rings. The summed E-state index contributed by atoms with van der Waals surface area (Å²) in [7, 11) is 0. The maximum Gasteiger partial charge on any atom is 0.230 e. The summed E-state index contributed by atoms with van der Waals surface area (Å²) in [6.45, 7) is 5.91. The van der Waals surface area contributed by atoms with Crippen LogP contribution in [-0.2, 0) is 10.2 Å². The first-order chi connectivity index (χ1) is 8.60. The van der Waals surface area contributed by atoms with E-state index in [1.165, 1.54) is 0 Å². The maximum atomic E-state index is 12.4. The molecule has 1 aliphatic rings. The molecule has 0 unspecified atom stereocenters. The monoisotopic (exact) mass is 282 g/mol. The Labute approximate surface area is 121 Å².